The van der Waals surface area contributed by atoms with Crippen molar-refractivity contribution in [2.45, 2.75) is 18.4 Å². The molecule has 0 radical (unpaired) electrons. The molecule has 8 nitrogen and oxygen atoms in total. The number of fused-ring (bicyclic) bond motifs is 1. The van der Waals surface area contributed by atoms with Crippen molar-refractivity contribution in [2.24, 2.45) is 5.73 Å². The van der Waals surface area contributed by atoms with Crippen LogP contribution in [0.15, 0.2) is 54.6 Å². The summed E-state index contributed by atoms with van der Waals surface area (Å²) in [4.78, 5) is 36.8. The van der Waals surface area contributed by atoms with Crippen molar-refractivity contribution in [3.8, 4) is 23.2 Å². The van der Waals surface area contributed by atoms with E-state index in [-0.39, 0.29) is 12.1 Å². The van der Waals surface area contributed by atoms with Crippen molar-refractivity contribution >= 4 is 23.3 Å². The van der Waals surface area contributed by atoms with Gasteiger partial charge in [0, 0.05) is 49.4 Å². The standard InChI is InChI=1S/C26H23N5O3/c1-30-14-12-26(34,25(30)33)11-9-17-5-4-7-19(15-17)24-28-20(23(27)32)16-22(29-24)31-13-10-18-6-2-3-8-21(18)31/h2-8,15-16,34H,10,12-14H2,1H3,(H2,27,32)/t26-/m0/s1. The number of anilines is 2. The number of benzene rings is 2. The third-order valence-electron chi connectivity index (χ3n) is 6.17. The maximum Gasteiger partial charge on any atom is 0.267 e. The third kappa shape index (κ3) is 3.87. The molecule has 34 heavy (non-hydrogen) atoms. The number of hydrogen-bond donors (Lipinski definition) is 2. The number of rotatable bonds is 3. The van der Waals surface area contributed by atoms with Crippen LogP contribution >= 0.6 is 0 Å². The second kappa shape index (κ2) is 8.28. The smallest absolute Gasteiger partial charge is 0.267 e. The van der Waals surface area contributed by atoms with Gasteiger partial charge in [-0.3, -0.25) is 9.59 Å². The summed E-state index contributed by atoms with van der Waals surface area (Å²) in [6, 6.07) is 16.8. The summed E-state index contributed by atoms with van der Waals surface area (Å²) in [5.74, 6) is 5.52. The van der Waals surface area contributed by atoms with Gasteiger partial charge in [-0.15, -0.1) is 0 Å². The van der Waals surface area contributed by atoms with E-state index in [4.69, 9.17) is 10.7 Å². The topological polar surface area (TPSA) is 113 Å². The van der Waals surface area contributed by atoms with Gasteiger partial charge in [-0.1, -0.05) is 42.2 Å². The predicted molar refractivity (Wildman–Crippen MR) is 127 cm³/mol. The highest BCUT2D eigenvalue weighted by Gasteiger charge is 2.42. The number of aliphatic hydroxyl groups is 1. The molecule has 2 aliphatic heterocycles. The Balaban J connectivity index is 1.52. The number of nitrogens with two attached hydrogens (primary N) is 1. The first-order chi connectivity index (χ1) is 16.3. The van der Waals surface area contributed by atoms with Gasteiger partial charge in [0.2, 0.25) is 5.60 Å². The van der Waals surface area contributed by atoms with Gasteiger partial charge in [0.25, 0.3) is 11.8 Å². The average Bonchev–Trinajstić information content (AvgIpc) is 3.40. The molecule has 0 aliphatic carbocycles. The minimum absolute atomic E-state index is 0.120. The fourth-order valence-electron chi connectivity index (χ4n) is 4.29. The van der Waals surface area contributed by atoms with Gasteiger partial charge < -0.3 is 20.6 Å². The number of nitrogens with zero attached hydrogens (tertiary/aromatic N) is 4. The minimum atomic E-state index is -1.68. The lowest BCUT2D eigenvalue weighted by Crippen LogP contribution is -2.37. The Bertz CT molecular complexity index is 1380. The average molecular weight is 454 g/mol. The number of likely N-dealkylation sites (N-methyl/N-ethyl adjacent to an activating group) is 1. The van der Waals surface area contributed by atoms with E-state index in [1.165, 1.54) is 10.5 Å². The second-order valence-electron chi connectivity index (χ2n) is 8.50. The molecule has 3 aromatic rings. The molecule has 1 atom stereocenters. The molecule has 0 spiro atoms. The van der Waals surface area contributed by atoms with Crippen LogP contribution in [0.25, 0.3) is 11.4 Å². The van der Waals surface area contributed by atoms with Crippen LogP contribution in [0.3, 0.4) is 0 Å². The van der Waals surface area contributed by atoms with E-state index in [0.29, 0.717) is 29.3 Å². The monoisotopic (exact) mass is 453 g/mol. The van der Waals surface area contributed by atoms with Crippen LogP contribution in [-0.4, -0.2) is 57.5 Å². The van der Waals surface area contributed by atoms with Crippen molar-refractivity contribution in [2.75, 3.05) is 25.0 Å². The first-order valence-corrected chi connectivity index (χ1v) is 11.0. The van der Waals surface area contributed by atoms with E-state index in [1.807, 2.05) is 29.2 Å². The van der Waals surface area contributed by atoms with Crippen molar-refractivity contribution in [3.05, 3.63) is 71.4 Å². The second-order valence-corrected chi connectivity index (χ2v) is 8.50. The van der Waals surface area contributed by atoms with Crippen molar-refractivity contribution in [1.82, 2.24) is 14.9 Å². The molecule has 1 aromatic heterocycles. The summed E-state index contributed by atoms with van der Waals surface area (Å²) in [6.45, 7) is 1.20. The molecule has 3 heterocycles. The van der Waals surface area contributed by atoms with Gasteiger partial charge in [0.05, 0.1) is 0 Å². The molecule has 0 unspecified atom stereocenters. The lowest BCUT2D eigenvalue weighted by atomic mass is 10.0. The van der Waals surface area contributed by atoms with Gasteiger partial charge in [-0.05, 0) is 30.2 Å². The molecule has 3 N–H and O–H groups in total. The number of para-hydroxylation sites is 1. The van der Waals surface area contributed by atoms with E-state index in [2.05, 4.69) is 22.9 Å². The Morgan fingerprint density at radius 1 is 1.12 bits per heavy atom. The fourth-order valence-corrected chi connectivity index (χ4v) is 4.29. The zero-order chi connectivity index (χ0) is 23.9. The van der Waals surface area contributed by atoms with Crippen LogP contribution in [0, 0.1) is 11.8 Å². The molecule has 2 aliphatic rings. The molecule has 5 rings (SSSR count). The number of carbonyl (C=O) groups is 2. The van der Waals surface area contributed by atoms with E-state index in [1.54, 1.807) is 31.3 Å². The van der Waals surface area contributed by atoms with Crippen LogP contribution < -0.4 is 10.6 Å². The maximum absolute atomic E-state index is 12.2. The number of primary amides is 1. The SMILES string of the molecule is CN1CC[C@@](O)(C#Cc2cccc(-c3nc(C(N)=O)cc(N4CCc5ccccc54)n3)c2)C1=O. The van der Waals surface area contributed by atoms with Gasteiger partial charge in [-0.2, -0.15) is 0 Å². The summed E-state index contributed by atoms with van der Waals surface area (Å²) >= 11 is 0. The predicted octanol–water partition coefficient (Wildman–Crippen LogP) is 1.88. The molecule has 0 saturated carbocycles. The van der Waals surface area contributed by atoms with Crippen molar-refractivity contribution in [3.63, 3.8) is 0 Å². The number of aromatic nitrogens is 2. The normalized spacial score (nSPS) is 19.1. The summed E-state index contributed by atoms with van der Waals surface area (Å²) in [5.41, 5.74) is 7.51. The van der Waals surface area contributed by atoms with E-state index < -0.39 is 17.4 Å². The van der Waals surface area contributed by atoms with Crippen LogP contribution in [0.4, 0.5) is 11.5 Å². The van der Waals surface area contributed by atoms with Crippen LogP contribution in [0.5, 0.6) is 0 Å². The van der Waals surface area contributed by atoms with E-state index in [0.717, 1.165) is 18.7 Å². The third-order valence-corrected chi connectivity index (χ3v) is 6.17. The van der Waals surface area contributed by atoms with Gasteiger partial charge in [0.15, 0.2) is 5.82 Å². The highest BCUT2D eigenvalue weighted by atomic mass is 16.3. The highest BCUT2D eigenvalue weighted by molar-refractivity contribution is 5.92. The van der Waals surface area contributed by atoms with Crippen LogP contribution in [0.2, 0.25) is 0 Å². The zero-order valence-corrected chi connectivity index (χ0v) is 18.7. The quantitative estimate of drug-likeness (QED) is 0.586. The van der Waals surface area contributed by atoms with Crippen molar-refractivity contribution in [1.29, 1.82) is 0 Å². The Hall–Kier alpha value is -4.22. The summed E-state index contributed by atoms with van der Waals surface area (Å²) < 4.78 is 0. The molecule has 8 heteroatoms. The molecule has 170 valence electrons. The summed E-state index contributed by atoms with van der Waals surface area (Å²) in [6.07, 6.45) is 1.14. The molecule has 0 bridgehead atoms. The lowest BCUT2D eigenvalue weighted by Gasteiger charge is -2.19. The van der Waals surface area contributed by atoms with Gasteiger partial charge in [0.1, 0.15) is 11.5 Å². The summed E-state index contributed by atoms with van der Waals surface area (Å²) in [5, 5.41) is 10.6. The van der Waals surface area contributed by atoms with E-state index in [9.17, 15) is 14.7 Å². The maximum atomic E-state index is 12.2. The molecular formula is C26H23N5O3. The van der Waals surface area contributed by atoms with Crippen LogP contribution in [-0.2, 0) is 11.2 Å². The van der Waals surface area contributed by atoms with Gasteiger partial charge >= 0.3 is 0 Å². The number of likely N-dealkylation sites (tertiary alicyclic amines) is 1. The lowest BCUT2D eigenvalue weighted by molar-refractivity contribution is -0.137. The van der Waals surface area contributed by atoms with Crippen LogP contribution in [0.1, 0.15) is 28.0 Å². The largest absolute Gasteiger partial charge is 0.369 e. The summed E-state index contributed by atoms with van der Waals surface area (Å²) in [7, 11) is 1.64. The van der Waals surface area contributed by atoms with Gasteiger partial charge in [-0.25, -0.2) is 9.97 Å². The Kier molecular flexibility index (Phi) is 5.27. The highest BCUT2D eigenvalue weighted by Crippen LogP contribution is 2.34. The molecule has 1 saturated heterocycles. The molecular weight excluding hydrogens is 430 g/mol. The number of amides is 2. The Labute approximate surface area is 197 Å². The van der Waals surface area contributed by atoms with E-state index >= 15 is 0 Å². The number of hydrogen-bond acceptors (Lipinski definition) is 6. The molecule has 1 fully saturated rings. The molecule has 2 amide bonds. The first-order valence-electron chi connectivity index (χ1n) is 11.0. The zero-order valence-electron chi connectivity index (χ0n) is 18.7. The molecule has 2 aromatic carbocycles. The minimum Gasteiger partial charge on any atom is -0.369 e. The first kappa shape index (κ1) is 21.6. The Morgan fingerprint density at radius 2 is 1.94 bits per heavy atom. The number of carbonyl (C=O) groups excluding carboxylic acids is 2. The fraction of sp³-hybridized carbons (Fsp3) is 0.231. The Morgan fingerprint density at radius 3 is 2.71 bits per heavy atom. The van der Waals surface area contributed by atoms with Crippen molar-refractivity contribution < 1.29 is 14.7 Å².